The number of ether oxygens (including phenoxy) is 4. The molecular weight excluding hydrogens is 464 g/mol. The number of carbonyl (C=O) groups excluding carboxylic acids is 1. The molecule has 3 N–H and O–H groups in total. The van der Waals surface area contributed by atoms with Crippen molar-refractivity contribution in [1.82, 2.24) is 0 Å². The van der Waals surface area contributed by atoms with E-state index in [1.165, 1.54) is 6.08 Å². The Balaban J connectivity index is 1.73. The largest absolute Gasteiger partial charge is 0.396 e. The molecule has 3 rings (SSSR count). The number of hydrogen-bond donors (Lipinski definition) is 3. The lowest BCUT2D eigenvalue weighted by Crippen LogP contribution is -2.55. The van der Waals surface area contributed by atoms with Gasteiger partial charge < -0.3 is 34.3 Å². The number of aliphatic hydroxyl groups excluding tert-OH is 1. The predicted octanol–water partition coefficient (Wildman–Crippen LogP) is 3.50. The van der Waals surface area contributed by atoms with Crippen LogP contribution in [0.15, 0.2) is 12.2 Å². The van der Waals surface area contributed by atoms with Crippen LogP contribution in [0.2, 0.25) is 0 Å². The van der Waals surface area contributed by atoms with E-state index in [9.17, 15) is 20.1 Å². The van der Waals surface area contributed by atoms with Crippen molar-refractivity contribution in [2.24, 2.45) is 17.8 Å². The van der Waals surface area contributed by atoms with Gasteiger partial charge in [-0.3, -0.25) is 4.79 Å². The van der Waals surface area contributed by atoms with Gasteiger partial charge in [-0.2, -0.15) is 0 Å². The van der Waals surface area contributed by atoms with Gasteiger partial charge in [0.15, 0.2) is 5.79 Å². The Bertz CT molecular complexity index is 798. The van der Waals surface area contributed by atoms with Crippen LogP contribution in [-0.2, 0) is 23.7 Å². The maximum Gasteiger partial charge on any atom is 0.231 e. The molecule has 0 saturated carbocycles. The summed E-state index contributed by atoms with van der Waals surface area (Å²) in [5, 5.41) is 31.8. The molecule has 8 heteroatoms. The van der Waals surface area contributed by atoms with E-state index in [1.807, 2.05) is 34.6 Å². The van der Waals surface area contributed by atoms with E-state index in [-0.39, 0.29) is 49.1 Å². The first-order valence-electron chi connectivity index (χ1n) is 13.7. The molecule has 3 fully saturated rings. The van der Waals surface area contributed by atoms with Crippen LogP contribution in [0.5, 0.6) is 0 Å². The van der Waals surface area contributed by atoms with Crippen LogP contribution >= 0.6 is 0 Å². The zero-order chi connectivity index (χ0) is 26.9. The lowest BCUT2D eigenvalue weighted by molar-refractivity contribution is -0.287. The molecular formula is C28H48O8. The van der Waals surface area contributed by atoms with Gasteiger partial charge >= 0.3 is 0 Å². The molecule has 0 radical (unpaired) electrons. The smallest absolute Gasteiger partial charge is 0.231 e. The van der Waals surface area contributed by atoms with Gasteiger partial charge in [0, 0.05) is 32.0 Å². The first-order valence-corrected chi connectivity index (χ1v) is 13.7. The van der Waals surface area contributed by atoms with Crippen LogP contribution < -0.4 is 0 Å². The maximum atomic E-state index is 13.3. The van der Waals surface area contributed by atoms with Crippen molar-refractivity contribution < 1.29 is 39.1 Å². The molecule has 0 aromatic rings. The van der Waals surface area contributed by atoms with Crippen LogP contribution in [0.25, 0.3) is 0 Å². The number of carbonyl (C=O) groups is 1. The fraction of sp³-hybridized carbons (Fsp3) is 0.893. The normalized spacial score (nSPS) is 46.8. The van der Waals surface area contributed by atoms with Crippen molar-refractivity contribution in [3.8, 4) is 0 Å². The second-order valence-electron chi connectivity index (χ2n) is 11.6. The third-order valence-electron chi connectivity index (χ3n) is 9.31. The van der Waals surface area contributed by atoms with E-state index >= 15 is 0 Å². The summed E-state index contributed by atoms with van der Waals surface area (Å²) in [5.41, 5.74) is -1.71. The lowest BCUT2D eigenvalue weighted by atomic mass is 9.78. The van der Waals surface area contributed by atoms with Gasteiger partial charge in [-0.1, -0.05) is 27.7 Å². The SMILES string of the molecule is CC[C@@H](CO)[C@H]1OC(/C=C\C(=O)C2(O)CC[C@@](C)([C@H]3CC[C@](O)(CC)[C@H](C)O3)O2)(OC)[C@H](C)C[C@@H]1C. The topological polar surface area (TPSA) is 115 Å². The highest BCUT2D eigenvalue weighted by Gasteiger charge is 2.56. The second kappa shape index (κ2) is 11.1. The van der Waals surface area contributed by atoms with Gasteiger partial charge in [0.05, 0.1) is 29.5 Å². The third-order valence-corrected chi connectivity index (χ3v) is 9.31. The summed E-state index contributed by atoms with van der Waals surface area (Å²) in [4.78, 5) is 13.3. The van der Waals surface area contributed by atoms with Crippen molar-refractivity contribution in [1.29, 1.82) is 0 Å². The van der Waals surface area contributed by atoms with Gasteiger partial charge in [0.2, 0.25) is 11.6 Å². The highest BCUT2D eigenvalue weighted by molar-refractivity contribution is 5.96. The maximum absolute atomic E-state index is 13.3. The van der Waals surface area contributed by atoms with E-state index in [0.717, 1.165) is 12.8 Å². The van der Waals surface area contributed by atoms with E-state index in [0.29, 0.717) is 25.7 Å². The zero-order valence-corrected chi connectivity index (χ0v) is 23.2. The molecule has 3 aliphatic heterocycles. The zero-order valence-electron chi connectivity index (χ0n) is 23.2. The predicted molar refractivity (Wildman–Crippen MR) is 135 cm³/mol. The third kappa shape index (κ3) is 5.46. The average Bonchev–Trinajstić information content (AvgIpc) is 3.19. The Morgan fingerprint density at radius 2 is 1.86 bits per heavy atom. The van der Waals surface area contributed by atoms with Crippen LogP contribution in [0.4, 0.5) is 0 Å². The molecule has 10 atom stereocenters. The van der Waals surface area contributed by atoms with Crippen LogP contribution in [0.1, 0.15) is 86.5 Å². The van der Waals surface area contributed by atoms with Crippen molar-refractivity contribution in [3.05, 3.63) is 12.2 Å². The highest BCUT2D eigenvalue weighted by atomic mass is 16.7. The Hall–Kier alpha value is -0.870. The Morgan fingerprint density at radius 3 is 2.42 bits per heavy atom. The molecule has 3 aliphatic rings. The van der Waals surface area contributed by atoms with E-state index < -0.39 is 28.6 Å². The van der Waals surface area contributed by atoms with Gasteiger partial charge in [0.1, 0.15) is 0 Å². The van der Waals surface area contributed by atoms with E-state index in [4.69, 9.17) is 18.9 Å². The summed E-state index contributed by atoms with van der Waals surface area (Å²) < 4.78 is 24.5. The van der Waals surface area contributed by atoms with Crippen LogP contribution in [0, 0.1) is 17.8 Å². The fourth-order valence-corrected chi connectivity index (χ4v) is 6.41. The number of methoxy groups -OCH3 is 1. The van der Waals surface area contributed by atoms with E-state index in [2.05, 4.69) is 6.92 Å². The monoisotopic (exact) mass is 512 g/mol. The molecule has 0 aromatic heterocycles. The quantitative estimate of drug-likeness (QED) is 0.402. The van der Waals surface area contributed by atoms with Crippen LogP contribution in [0.3, 0.4) is 0 Å². The average molecular weight is 513 g/mol. The molecule has 0 bridgehead atoms. The molecule has 3 heterocycles. The molecule has 36 heavy (non-hydrogen) atoms. The van der Waals surface area contributed by atoms with Gasteiger partial charge in [-0.15, -0.1) is 0 Å². The molecule has 8 nitrogen and oxygen atoms in total. The highest BCUT2D eigenvalue weighted by Crippen LogP contribution is 2.46. The first kappa shape index (κ1) is 29.7. The summed E-state index contributed by atoms with van der Waals surface area (Å²) in [6, 6.07) is 0. The Morgan fingerprint density at radius 1 is 1.17 bits per heavy atom. The molecule has 2 unspecified atom stereocenters. The summed E-state index contributed by atoms with van der Waals surface area (Å²) in [6.07, 6.45) is 5.98. The van der Waals surface area contributed by atoms with E-state index in [1.54, 1.807) is 13.2 Å². The standard InChI is InChI=1S/C28H48O8/c1-8-21(17-29)24-18(3)16-19(4)28(33-7,35-24)13-10-22(30)27(32)15-14-25(6,36-27)23-11-12-26(31,9-2)20(5)34-23/h10,13,18-21,23-24,29,31-32H,8-9,11-12,14-17H2,1-7H3/b13-10-/t18-,19+,20-,21-,23+,24-,25-,26+,27?,28?/m0/s1. The fourth-order valence-electron chi connectivity index (χ4n) is 6.41. The summed E-state index contributed by atoms with van der Waals surface area (Å²) in [7, 11) is 1.55. The van der Waals surface area contributed by atoms with Crippen molar-refractivity contribution in [3.63, 3.8) is 0 Å². The summed E-state index contributed by atoms with van der Waals surface area (Å²) in [6.45, 7) is 11.8. The Kier molecular flexibility index (Phi) is 9.14. The molecule has 0 amide bonds. The molecule has 0 aromatic carbocycles. The van der Waals surface area contributed by atoms with Crippen molar-refractivity contribution in [2.75, 3.05) is 13.7 Å². The van der Waals surface area contributed by atoms with Gasteiger partial charge in [0.25, 0.3) is 0 Å². The lowest BCUT2D eigenvalue weighted by Gasteiger charge is -2.48. The summed E-state index contributed by atoms with van der Waals surface area (Å²) >= 11 is 0. The number of ketones is 1. The van der Waals surface area contributed by atoms with Crippen molar-refractivity contribution >= 4 is 5.78 Å². The molecule has 0 spiro atoms. The minimum atomic E-state index is -1.97. The first-order chi connectivity index (χ1) is 16.8. The minimum Gasteiger partial charge on any atom is -0.396 e. The van der Waals surface area contributed by atoms with Gasteiger partial charge in [-0.05, 0) is 70.4 Å². The van der Waals surface area contributed by atoms with Gasteiger partial charge in [-0.25, -0.2) is 0 Å². The number of rotatable bonds is 9. The number of aliphatic hydroxyl groups is 3. The molecule has 208 valence electrons. The van der Waals surface area contributed by atoms with Crippen LogP contribution in [-0.4, -0.2) is 75.9 Å². The molecule has 0 aliphatic carbocycles. The summed E-state index contributed by atoms with van der Waals surface area (Å²) in [5.74, 6) is -3.49. The second-order valence-corrected chi connectivity index (χ2v) is 11.6. The Labute approximate surface area is 216 Å². The number of hydrogen-bond acceptors (Lipinski definition) is 8. The minimum absolute atomic E-state index is 0.0199. The van der Waals surface area contributed by atoms with Crippen molar-refractivity contribution in [2.45, 2.75) is 128 Å². The molecule has 3 saturated heterocycles.